The van der Waals surface area contributed by atoms with E-state index in [1.807, 2.05) is 66.7 Å². The highest BCUT2D eigenvalue weighted by atomic mass is 16.3. The minimum atomic E-state index is -0.139. The molecule has 1 aliphatic rings. The molecule has 0 amide bonds. The number of fused-ring (bicyclic) bond motifs is 7. The molecule has 0 spiro atoms. The highest BCUT2D eigenvalue weighted by molar-refractivity contribution is 6.16. The number of aromatic nitrogens is 3. The lowest BCUT2D eigenvalue weighted by atomic mass is 9.82. The van der Waals surface area contributed by atoms with Crippen LogP contribution in [-0.2, 0) is 5.41 Å². The van der Waals surface area contributed by atoms with Gasteiger partial charge < -0.3 is 4.42 Å². The van der Waals surface area contributed by atoms with E-state index < -0.39 is 0 Å². The van der Waals surface area contributed by atoms with Crippen molar-refractivity contribution in [2.45, 2.75) is 19.3 Å². The Bertz CT molecular complexity index is 2370. The van der Waals surface area contributed by atoms with E-state index in [4.69, 9.17) is 19.4 Å². The third-order valence-corrected chi connectivity index (χ3v) is 9.36. The van der Waals surface area contributed by atoms with Crippen molar-refractivity contribution < 1.29 is 4.42 Å². The summed E-state index contributed by atoms with van der Waals surface area (Å²) < 4.78 is 6.34. The molecule has 46 heavy (non-hydrogen) atoms. The topological polar surface area (TPSA) is 51.8 Å². The summed E-state index contributed by atoms with van der Waals surface area (Å²) in [5.41, 5.74) is 12.1. The minimum absolute atomic E-state index is 0.139. The first-order chi connectivity index (χ1) is 22.6. The zero-order valence-corrected chi connectivity index (χ0v) is 25.5. The third kappa shape index (κ3) is 4.04. The predicted molar refractivity (Wildman–Crippen MR) is 186 cm³/mol. The molecule has 218 valence electrons. The molecular weight excluding hydrogens is 562 g/mol. The van der Waals surface area contributed by atoms with E-state index in [1.165, 1.54) is 33.2 Å². The van der Waals surface area contributed by atoms with Crippen molar-refractivity contribution in [2.75, 3.05) is 0 Å². The van der Waals surface area contributed by atoms with Crippen LogP contribution in [0.5, 0.6) is 0 Å². The van der Waals surface area contributed by atoms with Crippen molar-refractivity contribution in [3.05, 3.63) is 151 Å². The molecule has 0 radical (unpaired) electrons. The smallest absolute Gasteiger partial charge is 0.164 e. The number of rotatable bonds is 4. The summed E-state index contributed by atoms with van der Waals surface area (Å²) in [5, 5.41) is 2.34. The van der Waals surface area contributed by atoms with E-state index in [0.717, 1.165) is 38.8 Å². The highest BCUT2D eigenvalue weighted by Gasteiger charge is 2.38. The van der Waals surface area contributed by atoms with Gasteiger partial charge >= 0.3 is 0 Å². The van der Waals surface area contributed by atoms with Gasteiger partial charge in [0.15, 0.2) is 17.5 Å². The maximum atomic E-state index is 6.34. The van der Waals surface area contributed by atoms with Crippen LogP contribution in [0.4, 0.5) is 0 Å². The number of para-hydroxylation sites is 1. The number of furan rings is 1. The summed E-state index contributed by atoms with van der Waals surface area (Å²) in [6, 6.07) is 48.3. The molecule has 9 rings (SSSR count). The Morgan fingerprint density at radius 2 is 0.978 bits per heavy atom. The van der Waals surface area contributed by atoms with Crippen LogP contribution < -0.4 is 0 Å². The van der Waals surface area contributed by atoms with Crippen molar-refractivity contribution >= 4 is 21.9 Å². The maximum Gasteiger partial charge on any atom is 0.164 e. The zero-order valence-electron chi connectivity index (χ0n) is 25.5. The Hall–Kier alpha value is -5.87. The fourth-order valence-electron chi connectivity index (χ4n) is 7.06. The number of hydrogen-bond donors (Lipinski definition) is 0. The zero-order chi connectivity index (χ0) is 30.8. The van der Waals surface area contributed by atoms with Crippen LogP contribution in [-0.4, -0.2) is 15.0 Å². The second kappa shape index (κ2) is 10.1. The molecule has 0 atom stereocenters. The molecule has 8 aromatic rings. The molecule has 0 unspecified atom stereocenters. The second-order valence-corrected chi connectivity index (χ2v) is 12.4. The fraction of sp³-hybridized carbons (Fsp3) is 0.0714. The Kier molecular flexibility index (Phi) is 5.81. The van der Waals surface area contributed by atoms with Gasteiger partial charge in [-0.1, -0.05) is 141 Å². The van der Waals surface area contributed by atoms with Gasteiger partial charge in [0.25, 0.3) is 0 Å². The molecule has 2 aromatic heterocycles. The minimum Gasteiger partial charge on any atom is -0.456 e. The lowest BCUT2D eigenvalue weighted by molar-refractivity contribution is 0.656. The summed E-state index contributed by atoms with van der Waals surface area (Å²) in [7, 11) is 0. The van der Waals surface area contributed by atoms with E-state index >= 15 is 0 Å². The molecule has 2 heterocycles. The molecule has 0 saturated heterocycles. The van der Waals surface area contributed by atoms with Crippen LogP contribution in [0, 0.1) is 0 Å². The predicted octanol–water partition coefficient (Wildman–Crippen LogP) is 10.7. The van der Waals surface area contributed by atoms with Crippen LogP contribution in [0.15, 0.2) is 144 Å². The first-order valence-corrected chi connectivity index (χ1v) is 15.6. The molecule has 0 fully saturated rings. The molecule has 0 saturated carbocycles. The molecular formula is C42H29N3O. The molecule has 4 heteroatoms. The Balaban J connectivity index is 1.20. The fourth-order valence-corrected chi connectivity index (χ4v) is 7.06. The van der Waals surface area contributed by atoms with Crippen molar-refractivity contribution in [3.63, 3.8) is 0 Å². The van der Waals surface area contributed by atoms with Crippen LogP contribution in [0.1, 0.15) is 25.0 Å². The molecule has 0 N–H and O–H groups in total. The SMILES string of the molecule is CC1(C)c2cccc(-c3ccc(-c4nc(-c5ccccc5)nc(-c5ccccc5)n4)cc3)c2-c2c1ccc1oc3ccccc3c21. The lowest BCUT2D eigenvalue weighted by Crippen LogP contribution is -2.14. The first kappa shape index (κ1) is 26.5. The van der Waals surface area contributed by atoms with Gasteiger partial charge in [-0.05, 0) is 45.5 Å². The van der Waals surface area contributed by atoms with E-state index in [0.29, 0.717) is 17.5 Å². The quantitative estimate of drug-likeness (QED) is 0.204. The van der Waals surface area contributed by atoms with Gasteiger partial charge in [0.2, 0.25) is 0 Å². The number of benzene rings is 6. The standard InChI is InChI=1S/C42H29N3O/c1-42(2)32-18-11-17-30(36(32)38-33(42)24-25-35-37(38)31-16-9-10-19-34(31)46-35)26-20-22-29(23-21-26)41-44-39(27-12-5-3-6-13-27)43-40(45-41)28-14-7-4-8-15-28/h3-25H,1-2H3. The van der Waals surface area contributed by atoms with Crippen molar-refractivity contribution in [1.82, 2.24) is 15.0 Å². The van der Waals surface area contributed by atoms with Gasteiger partial charge in [-0.25, -0.2) is 15.0 Å². The second-order valence-electron chi connectivity index (χ2n) is 12.4. The van der Waals surface area contributed by atoms with Crippen LogP contribution in [0.25, 0.3) is 78.4 Å². The first-order valence-electron chi connectivity index (χ1n) is 15.6. The van der Waals surface area contributed by atoms with E-state index in [-0.39, 0.29) is 5.41 Å². The average Bonchev–Trinajstić information content (AvgIpc) is 3.61. The van der Waals surface area contributed by atoms with Crippen molar-refractivity contribution in [3.8, 4) is 56.4 Å². The van der Waals surface area contributed by atoms with E-state index in [1.54, 1.807) is 0 Å². The van der Waals surface area contributed by atoms with E-state index in [9.17, 15) is 0 Å². The van der Waals surface area contributed by atoms with Crippen molar-refractivity contribution in [2.24, 2.45) is 0 Å². The van der Waals surface area contributed by atoms with Gasteiger partial charge in [-0.2, -0.15) is 0 Å². The summed E-state index contributed by atoms with van der Waals surface area (Å²) in [4.78, 5) is 14.7. The average molecular weight is 592 g/mol. The largest absolute Gasteiger partial charge is 0.456 e. The molecule has 0 aliphatic heterocycles. The molecule has 1 aliphatic carbocycles. The van der Waals surface area contributed by atoms with Gasteiger partial charge in [0.05, 0.1) is 0 Å². The summed E-state index contributed by atoms with van der Waals surface area (Å²) >= 11 is 0. The van der Waals surface area contributed by atoms with E-state index in [2.05, 4.69) is 86.6 Å². The Morgan fingerprint density at radius 3 is 1.63 bits per heavy atom. The van der Waals surface area contributed by atoms with Gasteiger partial charge in [-0.15, -0.1) is 0 Å². The maximum absolute atomic E-state index is 6.34. The third-order valence-electron chi connectivity index (χ3n) is 9.36. The number of nitrogens with zero attached hydrogens (tertiary/aromatic N) is 3. The summed E-state index contributed by atoms with van der Waals surface area (Å²) in [6.45, 7) is 4.65. The molecule has 6 aromatic carbocycles. The normalized spacial score (nSPS) is 13.2. The highest BCUT2D eigenvalue weighted by Crippen LogP contribution is 2.55. The Labute approximate surface area is 267 Å². The summed E-state index contributed by atoms with van der Waals surface area (Å²) in [5.74, 6) is 1.96. The van der Waals surface area contributed by atoms with Crippen LogP contribution >= 0.6 is 0 Å². The van der Waals surface area contributed by atoms with Gasteiger partial charge in [-0.3, -0.25) is 0 Å². The van der Waals surface area contributed by atoms with Crippen LogP contribution in [0.3, 0.4) is 0 Å². The van der Waals surface area contributed by atoms with Gasteiger partial charge in [0.1, 0.15) is 11.2 Å². The number of hydrogen-bond acceptors (Lipinski definition) is 4. The molecule has 4 nitrogen and oxygen atoms in total. The van der Waals surface area contributed by atoms with Crippen LogP contribution in [0.2, 0.25) is 0 Å². The Morgan fingerprint density at radius 1 is 0.435 bits per heavy atom. The monoisotopic (exact) mass is 591 g/mol. The summed E-state index contributed by atoms with van der Waals surface area (Å²) in [6.07, 6.45) is 0. The lowest BCUT2D eigenvalue weighted by Gasteiger charge is -2.21. The van der Waals surface area contributed by atoms with Gasteiger partial charge in [0, 0.05) is 32.9 Å². The molecule has 0 bridgehead atoms. The van der Waals surface area contributed by atoms with Crippen molar-refractivity contribution in [1.29, 1.82) is 0 Å².